The zero-order chi connectivity index (χ0) is 15.4. The molecule has 1 unspecified atom stereocenters. The lowest BCUT2D eigenvalue weighted by atomic mass is 10.0. The highest BCUT2D eigenvalue weighted by Gasteiger charge is 2.26. The molecular formula is C16H19ClN4O. The van der Waals surface area contributed by atoms with Crippen molar-refractivity contribution in [1.82, 2.24) is 19.7 Å². The van der Waals surface area contributed by atoms with Crippen LogP contribution in [0.2, 0.25) is 5.02 Å². The van der Waals surface area contributed by atoms with Crippen LogP contribution in [0, 0.1) is 5.92 Å². The number of likely N-dealkylation sites (tertiary alicyclic amines) is 1. The smallest absolute Gasteiger partial charge is 0.224 e. The van der Waals surface area contributed by atoms with Gasteiger partial charge in [0.25, 0.3) is 0 Å². The first-order valence-corrected chi connectivity index (χ1v) is 7.93. The van der Waals surface area contributed by atoms with Crippen LogP contribution < -0.4 is 0 Å². The Labute approximate surface area is 134 Å². The summed E-state index contributed by atoms with van der Waals surface area (Å²) in [5, 5.41) is 4.69. The minimum atomic E-state index is 0.195. The Balaban J connectivity index is 1.46. The van der Waals surface area contributed by atoms with Crippen molar-refractivity contribution in [3.8, 4) is 0 Å². The Kier molecular flexibility index (Phi) is 4.73. The molecule has 0 bridgehead atoms. The average Bonchev–Trinajstić information content (AvgIpc) is 3.15. The van der Waals surface area contributed by atoms with Crippen LogP contribution >= 0.6 is 11.6 Å². The molecule has 0 radical (unpaired) electrons. The van der Waals surface area contributed by atoms with Gasteiger partial charge in [-0.3, -0.25) is 14.5 Å². The van der Waals surface area contributed by atoms with Gasteiger partial charge in [-0.25, -0.2) is 0 Å². The summed E-state index contributed by atoms with van der Waals surface area (Å²) in [4.78, 5) is 18.4. The molecule has 0 aliphatic carbocycles. The van der Waals surface area contributed by atoms with E-state index in [9.17, 15) is 4.79 Å². The molecule has 116 valence electrons. The summed E-state index contributed by atoms with van der Waals surface area (Å²) < 4.78 is 1.71. The van der Waals surface area contributed by atoms with Crippen LogP contribution in [0.1, 0.15) is 18.4 Å². The lowest BCUT2D eigenvalue weighted by molar-refractivity contribution is -0.130. The number of pyridine rings is 1. The van der Waals surface area contributed by atoms with Crippen molar-refractivity contribution in [1.29, 1.82) is 0 Å². The number of carbonyl (C=O) groups is 1. The van der Waals surface area contributed by atoms with Crippen LogP contribution in [0.4, 0.5) is 0 Å². The summed E-state index contributed by atoms with van der Waals surface area (Å²) in [6, 6.07) is 4.06. The van der Waals surface area contributed by atoms with Crippen LogP contribution in [0.15, 0.2) is 36.9 Å². The van der Waals surface area contributed by atoms with Gasteiger partial charge in [0.15, 0.2) is 0 Å². The Bertz CT molecular complexity index is 628. The number of carbonyl (C=O) groups excluding carboxylic acids is 1. The molecule has 1 aliphatic rings. The molecule has 5 nitrogen and oxygen atoms in total. The lowest BCUT2D eigenvalue weighted by Gasteiger charge is -2.16. The fourth-order valence-corrected chi connectivity index (χ4v) is 3.06. The van der Waals surface area contributed by atoms with E-state index in [4.69, 9.17) is 11.6 Å². The molecular weight excluding hydrogens is 300 g/mol. The summed E-state index contributed by atoms with van der Waals surface area (Å²) >= 11 is 5.82. The number of amides is 1. The van der Waals surface area contributed by atoms with Gasteiger partial charge in [0.05, 0.1) is 11.2 Å². The van der Waals surface area contributed by atoms with E-state index in [1.165, 1.54) is 5.56 Å². The normalized spacial score (nSPS) is 17.9. The van der Waals surface area contributed by atoms with Crippen molar-refractivity contribution in [2.75, 3.05) is 13.1 Å². The second-order valence-corrected chi connectivity index (χ2v) is 6.17. The molecule has 0 N–H and O–H groups in total. The van der Waals surface area contributed by atoms with Gasteiger partial charge >= 0.3 is 0 Å². The van der Waals surface area contributed by atoms with Crippen molar-refractivity contribution < 1.29 is 4.79 Å². The molecule has 2 aromatic heterocycles. The Hall–Kier alpha value is -1.88. The zero-order valence-corrected chi connectivity index (χ0v) is 13.1. The number of aryl methyl sites for hydroxylation is 1. The molecule has 0 aromatic carbocycles. The molecule has 0 saturated carbocycles. The van der Waals surface area contributed by atoms with Gasteiger partial charge < -0.3 is 4.90 Å². The first-order valence-electron chi connectivity index (χ1n) is 7.55. The summed E-state index contributed by atoms with van der Waals surface area (Å²) in [7, 11) is 0. The number of aromatic nitrogens is 3. The van der Waals surface area contributed by atoms with E-state index >= 15 is 0 Å². The highest BCUT2D eigenvalue weighted by molar-refractivity contribution is 6.30. The van der Waals surface area contributed by atoms with E-state index in [1.54, 1.807) is 23.3 Å². The molecule has 3 rings (SSSR count). The lowest BCUT2D eigenvalue weighted by Crippen LogP contribution is -2.29. The molecule has 1 fully saturated rings. The summed E-state index contributed by atoms with van der Waals surface area (Å²) in [5.74, 6) is 0.729. The predicted octanol–water partition coefficient (Wildman–Crippen LogP) is 2.41. The van der Waals surface area contributed by atoms with E-state index < -0.39 is 0 Å². The standard InChI is InChI=1S/C16H19ClN4O/c17-15-10-19-21(12-15)7-4-16(22)20-6-3-14(11-20)8-13-2-1-5-18-9-13/h1-2,5,9-10,12,14H,3-4,6-8,11H2. The maximum Gasteiger partial charge on any atom is 0.224 e. The number of hydrogen-bond donors (Lipinski definition) is 0. The van der Waals surface area contributed by atoms with Crippen LogP contribution in [0.25, 0.3) is 0 Å². The van der Waals surface area contributed by atoms with Crippen molar-refractivity contribution >= 4 is 17.5 Å². The van der Waals surface area contributed by atoms with Gasteiger partial charge in [0.2, 0.25) is 5.91 Å². The summed E-state index contributed by atoms with van der Waals surface area (Å²) in [5.41, 5.74) is 1.24. The third kappa shape index (κ3) is 3.85. The minimum Gasteiger partial charge on any atom is -0.342 e. The van der Waals surface area contributed by atoms with Crippen molar-refractivity contribution in [2.24, 2.45) is 5.92 Å². The highest BCUT2D eigenvalue weighted by Crippen LogP contribution is 2.21. The van der Waals surface area contributed by atoms with E-state index in [0.29, 0.717) is 23.9 Å². The molecule has 2 aromatic rings. The molecule has 0 spiro atoms. The predicted molar refractivity (Wildman–Crippen MR) is 84.5 cm³/mol. The first-order chi connectivity index (χ1) is 10.7. The Morgan fingerprint density at radius 1 is 1.41 bits per heavy atom. The van der Waals surface area contributed by atoms with Crippen LogP contribution in [-0.2, 0) is 17.8 Å². The van der Waals surface area contributed by atoms with E-state index in [-0.39, 0.29) is 5.91 Å². The molecule has 1 amide bonds. The van der Waals surface area contributed by atoms with Gasteiger partial charge in [-0.1, -0.05) is 17.7 Å². The number of rotatable bonds is 5. The second kappa shape index (κ2) is 6.92. The quantitative estimate of drug-likeness (QED) is 0.850. The van der Waals surface area contributed by atoms with Crippen molar-refractivity contribution in [3.05, 3.63) is 47.5 Å². The SMILES string of the molecule is O=C(CCn1cc(Cl)cn1)N1CCC(Cc2cccnc2)C1. The van der Waals surface area contributed by atoms with Crippen LogP contribution in [0.3, 0.4) is 0 Å². The van der Waals surface area contributed by atoms with Gasteiger partial charge in [-0.05, 0) is 30.4 Å². The van der Waals surface area contributed by atoms with Gasteiger partial charge in [0, 0.05) is 44.6 Å². The van der Waals surface area contributed by atoms with Crippen LogP contribution in [-0.4, -0.2) is 38.7 Å². The number of hydrogen-bond acceptors (Lipinski definition) is 3. The third-order valence-electron chi connectivity index (χ3n) is 4.04. The maximum atomic E-state index is 12.3. The summed E-state index contributed by atoms with van der Waals surface area (Å²) in [6.45, 7) is 2.27. The maximum absolute atomic E-state index is 12.3. The summed E-state index contributed by atoms with van der Waals surface area (Å²) in [6.07, 6.45) is 9.55. The van der Waals surface area contributed by atoms with Gasteiger partial charge in [-0.2, -0.15) is 5.10 Å². The monoisotopic (exact) mass is 318 g/mol. The minimum absolute atomic E-state index is 0.195. The van der Waals surface area contributed by atoms with Gasteiger partial charge in [-0.15, -0.1) is 0 Å². The van der Waals surface area contributed by atoms with E-state index in [0.717, 1.165) is 25.9 Å². The zero-order valence-electron chi connectivity index (χ0n) is 12.4. The average molecular weight is 319 g/mol. The Morgan fingerprint density at radius 3 is 3.05 bits per heavy atom. The molecule has 1 saturated heterocycles. The van der Waals surface area contributed by atoms with Crippen molar-refractivity contribution in [2.45, 2.75) is 25.8 Å². The Morgan fingerprint density at radius 2 is 2.32 bits per heavy atom. The molecule has 22 heavy (non-hydrogen) atoms. The van der Waals surface area contributed by atoms with Crippen molar-refractivity contribution in [3.63, 3.8) is 0 Å². The third-order valence-corrected chi connectivity index (χ3v) is 4.24. The molecule has 1 aliphatic heterocycles. The highest BCUT2D eigenvalue weighted by atomic mass is 35.5. The van der Waals surface area contributed by atoms with Gasteiger partial charge in [0.1, 0.15) is 0 Å². The number of halogens is 1. The van der Waals surface area contributed by atoms with E-state index in [1.807, 2.05) is 17.2 Å². The molecule has 3 heterocycles. The van der Waals surface area contributed by atoms with E-state index in [2.05, 4.69) is 16.1 Å². The van der Waals surface area contributed by atoms with Crippen LogP contribution in [0.5, 0.6) is 0 Å². The molecule has 6 heteroatoms. The number of nitrogens with zero attached hydrogens (tertiary/aromatic N) is 4. The topological polar surface area (TPSA) is 51.0 Å². The molecule has 1 atom stereocenters. The second-order valence-electron chi connectivity index (χ2n) is 5.73. The fourth-order valence-electron chi connectivity index (χ4n) is 2.91. The first kappa shape index (κ1) is 15.0. The fraction of sp³-hybridized carbons (Fsp3) is 0.438. The largest absolute Gasteiger partial charge is 0.342 e.